The molecule has 2 heterocycles. The number of carboxylic acid groups (broad SMARTS) is 1. The second-order valence-electron chi connectivity index (χ2n) is 9.32. The number of H-pyrrole nitrogens is 1. The number of halogens is 3. The average molecular weight is 569 g/mol. The number of benzene rings is 2. The lowest BCUT2D eigenvalue weighted by Gasteiger charge is -2.15. The number of imidazole rings is 1. The van der Waals surface area contributed by atoms with Gasteiger partial charge in [-0.3, -0.25) is 14.6 Å². The summed E-state index contributed by atoms with van der Waals surface area (Å²) < 4.78 is 31.7. The van der Waals surface area contributed by atoms with E-state index in [2.05, 4.69) is 50.6 Å². The first-order valence-corrected chi connectivity index (χ1v) is 13.1. The Morgan fingerprint density at radius 3 is 2.37 bits per heavy atom. The number of aromatic nitrogens is 3. The Kier molecular flexibility index (Phi) is 11.1. The fourth-order valence-electron chi connectivity index (χ4n) is 4.10. The Morgan fingerprint density at radius 2 is 1.71 bits per heavy atom. The number of rotatable bonds is 11. The Balaban J connectivity index is 0.000000587. The van der Waals surface area contributed by atoms with Gasteiger partial charge in [0, 0.05) is 24.6 Å². The summed E-state index contributed by atoms with van der Waals surface area (Å²) >= 11 is 0. The molecule has 0 spiro atoms. The SMILES string of the molecule is CCC(=O)CCCCCC(C(=O)Nc1cccnc1)c1ncc(-c2ccc3ccccc3c2)[nH]1.O=C(O)C(F)(F)F. The van der Waals surface area contributed by atoms with Crippen LogP contribution in [0.15, 0.2) is 73.2 Å². The van der Waals surface area contributed by atoms with Crippen LogP contribution in [0.25, 0.3) is 22.0 Å². The van der Waals surface area contributed by atoms with Gasteiger partial charge in [0.1, 0.15) is 11.6 Å². The number of Topliss-reactive ketones (excluding diaryl/α,β-unsaturated/α-hetero) is 1. The van der Waals surface area contributed by atoms with Crippen LogP contribution in [0.2, 0.25) is 0 Å². The van der Waals surface area contributed by atoms with Crippen LogP contribution in [-0.2, 0) is 14.4 Å². The molecular formula is C30H31F3N4O4. The third kappa shape index (κ3) is 9.55. The molecule has 0 aliphatic rings. The minimum absolute atomic E-state index is 0.114. The molecule has 1 unspecified atom stereocenters. The Morgan fingerprint density at radius 1 is 0.976 bits per heavy atom. The molecule has 0 fully saturated rings. The maximum absolute atomic E-state index is 13.2. The number of aliphatic carboxylic acids is 1. The van der Waals surface area contributed by atoms with E-state index in [-0.39, 0.29) is 11.7 Å². The number of hydrogen-bond donors (Lipinski definition) is 3. The van der Waals surface area contributed by atoms with Gasteiger partial charge in [0.15, 0.2) is 0 Å². The van der Waals surface area contributed by atoms with Gasteiger partial charge in [-0.05, 0) is 41.8 Å². The summed E-state index contributed by atoms with van der Waals surface area (Å²) in [6, 6.07) is 18.1. The van der Waals surface area contributed by atoms with Crippen molar-refractivity contribution in [1.29, 1.82) is 0 Å². The number of nitrogens with zero attached hydrogens (tertiary/aromatic N) is 2. The number of fused-ring (bicyclic) bond motifs is 1. The molecule has 0 aliphatic carbocycles. The summed E-state index contributed by atoms with van der Waals surface area (Å²) in [7, 11) is 0. The summed E-state index contributed by atoms with van der Waals surface area (Å²) in [5.41, 5.74) is 2.57. The summed E-state index contributed by atoms with van der Waals surface area (Å²) in [5.74, 6) is -2.35. The van der Waals surface area contributed by atoms with Crippen molar-refractivity contribution >= 4 is 34.1 Å². The molecule has 4 aromatic rings. The average Bonchev–Trinajstić information content (AvgIpc) is 3.44. The third-order valence-electron chi connectivity index (χ3n) is 6.32. The molecule has 1 amide bonds. The van der Waals surface area contributed by atoms with Gasteiger partial charge >= 0.3 is 12.1 Å². The summed E-state index contributed by atoms with van der Waals surface area (Å²) in [6.07, 6.45) is 4.46. The number of aromatic amines is 1. The molecule has 4 rings (SSSR count). The maximum Gasteiger partial charge on any atom is 0.490 e. The van der Waals surface area contributed by atoms with E-state index < -0.39 is 18.1 Å². The predicted octanol–water partition coefficient (Wildman–Crippen LogP) is 6.91. The molecule has 0 saturated carbocycles. The monoisotopic (exact) mass is 568 g/mol. The van der Waals surface area contributed by atoms with Crippen molar-refractivity contribution in [2.24, 2.45) is 0 Å². The lowest BCUT2D eigenvalue weighted by molar-refractivity contribution is -0.192. The highest BCUT2D eigenvalue weighted by Gasteiger charge is 2.38. The van der Waals surface area contributed by atoms with Crippen LogP contribution in [0.1, 0.15) is 57.2 Å². The fourth-order valence-corrected chi connectivity index (χ4v) is 4.10. The number of anilines is 1. The molecule has 2 aromatic carbocycles. The van der Waals surface area contributed by atoms with Crippen molar-refractivity contribution < 1.29 is 32.7 Å². The van der Waals surface area contributed by atoms with Crippen LogP contribution < -0.4 is 5.32 Å². The molecule has 0 radical (unpaired) electrons. The zero-order valence-corrected chi connectivity index (χ0v) is 22.4. The molecule has 0 bridgehead atoms. The van der Waals surface area contributed by atoms with Gasteiger partial charge in [0.05, 0.1) is 29.7 Å². The molecule has 0 saturated heterocycles. The first-order chi connectivity index (χ1) is 19.6. The number of carbonyl (C=O) groups is 3. The van der Waals surface area contributed by atoms with Gasteiger partial charge in [0.25, 0.3) is 0 Å². The highest BCUT2D eigenvalue weighted by atomic mass is 19.4. The topological polar surface area (TPSA) is 125 Å². The highest BCUT2D eigenvalue weighted by molar-refractivity contribution is 5.95. The van der Waals surface area contributed by atoms with Crippen LogP contribution in [0.4, 0.5) is 18.9 Å². The number of ketones is 1. The van der Waals surface area contributed by atoms with Gasteiger partial charge in [-0.1, -0.05) is 56.2 Å². The minimum atomic E-state index is -5.08. The Labute approximate surface area is 235 Å². The Bertz CT molecular complexity index is 1450. The van der Waals surface area contributed by atoms with Crippen molar-refractivity contribution in [2.75, 3.05) is 5.32 Å². The molecule has 11 heteroatoms. The standard InChI is InChI=1S/C28H30N4O2.C2HF3O2/c1-2-24(33)12-4-3-5-13-25(28(34)31-23-11-8-16-29-18-23)27-30-19-26(32-27)22-15-14-20-9-6-7-10-21(20)17-22;3-2(4,5)1(6)7/h6-11,14-19,25H,2-5,12-13H2,1H3,(H,30,32)(H,31,34);(H,6,7). The number of amides is 1. The van der Waals surface area contributed by atoms with E-state index in [1.165, 1.54) is 5.39 Å². The van der Waals surface area contributed by atoms with Crippen LogP contribution in [0.3, 0.4) is 0 Å². The van der Waals surface area contributed by atoms with E-state index in [0.717, 1.165) is 35.9 Å². The van der Waals surface area contributed by atoms with Gasteiger partial charge < -0.3 is 15.4 Å². The number of unbranched alkanes of at least 4 members (excludes halogenated alkanes) is 2. The van der Waals surface area contributed by atoms with Crippen LogP contribution >= 0.6 is 0 Å². The van der Waals surface area contributed by atoms with Gasteiger partial charge in [-0.2, -0.15) is 13.2 Å². The maximum atomic E-state index is 13.2. The zero-order chi connectivity index (χ0) is 29.8. The molecule has 1 atom stereocenters. The number of pyridine rings is 1. The summed E-state index contributed by atoms with van der Waals surface area (Å²) in [4.78, 5) is 45.7. The molecular weight excluding hydrogens is 537 g/mol. The van der Waals surface area contributed by atoms with E-state index in [9.17, 15) is 22.8 Å². The lowest BCUT2D eigenvalue weighted by atomic mass is 9.98. The first kappa shape index (κ1) is 31.0. The van der Waals surface area contributed by atoms with Gasteiger partial charge in [0.2, 0.25) is 5.91 Å². The summed E-state index contributed by atoms with van der Waals surface area (Å²) in [6.45, 7) is 1.89. The Hall–Kier alpha value is -4.54. The van der Waals surface area contributed by atoms with Gasteiger partial charge in [-0.15, -0.1) is 0 Å². The van der Waals surface area contributed by atoms with E-state index in [4.69, 9.17) is 9.90 Å². The molecule has 8 nitrogen and oxygen atoms in total. The molecule has 2 aromatic heterocycles. The van der Waals surface area contributed by atoms with Crippen molar-refractivity contribution in [3.05, 3.63) is 79.0 Å². The van der Waals surface area contributed by atoms with Crippen LogP contribution in [0, 0.1) is 0 Å². The quantitative estimate of drug-likeness (QED) is 0.169. The zero-order valence-electron chi connectivity index (χ0n) is 22.4. The van der Waals surface area contributed by atoms with Crippen molar-refractivity contribution in [1.82, 2.24) is 15.0 Å². The number of nitrogens with one attached hydrogen (secondary N) is 2. The smallest absolute Gasteiger partial charge is 0.475 e. The molecule has 3 N–H and O–H groups in total. The lowest BCUT2D eigenvalue weighted by Crippen LogP contribution is -2.22. The first-order valence-electron chi connectivity index (χ1n) is 13.1. The van der Waals surface area contributed by atoms with Crippen LogP contribution in [0.5, 0.6) is 0 Å². The van der Waals surface area contributed by atoms with Crippen molar-refractivity contribution in [3.63, 3.8) is 0 Å². The number of carbonyl (C=O) groups excluding carboxylic acids is 2. The van der Waals surface area contributed by atoms with E-state index in [0.29, 0.717) is 30.8 Å². The minimum Gasteiger partial charge on any atom is -0.475 e. The van der Waals surface area contributed by atoms with E-state index in [1.807, 2.05) is 25.1 Å². The summed E-state index contributed by atoms with van der Waals surface area (Å²) in [5, 5.41) is 12.4. The number of carboxylic acids is 1. The third-order valence-corrected chi connectivity index (χ3v) is 6.32. The second kappa shape index (κ2) is 14.7. The second-order valence-corrected chi connectivity index (χ2v) is 9.32. The van der Waals surface area contributed by atoms with Crippen LogP contribution in [-0.4, -0.2) is 43.9 Å². The van der Waals surface area contributed by atoms with E-state index >= 15 is 0 Å². The van der Waals surface area contributed by atoms with Crippen molar-refractivity contribution in [2.45, 2.75) is 57.5 Å². The fraction of sp³-hybridized carbons (Fsp3) is 0.300. The largest absolute Gasteiger partial charge is 0.490 e. The number of alkyl halides is 3. The molecule has 216 valence electrons. The van der Waals surface area contributed by atoms with Crippen molar-refractivity contribution in [3.8, 4) is 11.3 Å². The normalized spacial score (nSPS) is 11.8. The highest BCUT2D eigenvalue weighted by Crippen LogP contribution is 2.27. The number of hydrogen-bond acceptors (Lipinski definition) is 5. The molecule has 0 aliphatic heterocycles. The van der Waals surface area contributed by atoms with Gasteiger partial charge in [-0.25, -0.2) is 9.78 Å². The predicted molar refractivity (Wildman–Crippen MR) is 149 cm³/mol. The van der Waals surface area contributed by atoms with E-state index in [1.54, 1.807) is 24.7 Å². The molecule has 41 heavy (non-hydrogen) atoms.